The van der Waals surface area contributed by atoms with Crippen LogP contribution in [-0.2, 0) is 6.42 Å². The zero-order chi connectivity index (χ0) is 13.5. The molecule has 1 heterocycles. The first-order valence-electron chi connectivity index (χ1n) is 6.93. The van der Waals surface area contributed by atoms with Crippen LogP contribution in [0.4, 0.5) is 11.6 Å². The number of aromatic nitrogens is 2. The van der Waals surface area contributed by atoms with Gasteiger partial charge in [0, 0.05) is 25.2 Å². The largest absolute Gasteiger partial charge is 0.373 e. The maximum Gasteiger partial charge on any atom is 0.137 e. The Kier molecular flexibility index (Phi) is 5.89. The predicted molar refractivity (Wildman–Crippen MR) is 78.3 cm³/mol. The lowest BCUT2D eigenvalue weighted by molar-refractivity contribution is 0.655. The molecule has 0 saturated carbocycles. The average molecular weight is 250 g/mol. The Hall–Kier alpha value is -1.32. The van der Waals surface area contributed by atoms with Crippen molar-refractivity contribution in [2.45, 2.75) is 53.0 Å². The SMILES string of the molecule is CCCc1c(NC)ncnc1N(CCC)C(C)C. The summed E-state index contributed by atoms with van der Waals surface area (Å²) in [6.45, 7) is 9.86. The summed E-state index contributed by atoms with van der Waals surface area (Å²) in [5.41, 5.74) is 1.24. The van der Waals surface area contributed by atoms with E-state index in [1.54, 1.807) is 6.33 Å². The van der Waals surface area contributed by atoms with E-state index < -0.39 is 0 Å². The van der Waals surface area contributed by atoms with Gasteiger partial charge in [-0.25, -0.2) is 9.97 Å². The zero-order valence-electron chi connectivity index (χ0n) is 12.3. The highest BCUT2D eigenvalue weighted by Gasteiger charge is 2.17. The van der Waals surface area contributed by atoms with Crippen LogP contribution in [0, 0.1) is 0 Å². The molecule has 1 rings (SSSR count). The van der Waals surface area contributed by atoms with Gasteiger partial charge in [0.25, 0.3) is 0 Å². The third kappa shape index (κ3) is 3.34. The number of hydrogen-bond acceptors (Lipinski definition) is 4. The molecule has 0 spiro atoms. The number of anilines is 2. The smallest absolute Gasteiger partial charge is 0.137 e. The van der Waals surface area contributed by atoms with Crippen LogP contribution in [0.3, 0.4) is 0 Å². The lowest BCUT2D eigenvalue weighted by atomic mass is 10.1. The second kappa shape index (κ2) is 7.19. The van der Waals surface area contributed by atoms with Crippen molar-refractivity contribution in [1.29, 1.82) is 0 Å². The van der Waals surface area contributed by atoms with Crippen molar-refractivity contribution in [1.82, 2.24) is 9.97 Å². The third-order valence-electron chi connectivity index (χ3n) is 3.02. The molecule has 0 aliphatic rings. The summed E-state index contributed by atoms with van der Waals surface area (Å²) < 4.78 is 0. The highest BCUT2D eigenvalue weighted by Crippen LogP contribution is 2.26. The molecule has 0 unspecified atom stereocenters. The van der Waals surface area contributed by atoms with Crippen molar-refractivity contribution in [3.63, 3.8) is 0 Å². The fourth-order valence-electron chi connectivity index (χ4n) is 2.20. The molecular weight excluding hydrogens is 224 g/mol. The second-order valence-electron chi connectivity index (χ2n) is 4.81. The van der Waals surface area contributed by atoms with E-state index in [4.69, 9.17) is 0 Å². The minimum Gasteiger partial charge on any atom is -0.373 e. The van der Waals surface area contributed by atoms with E-state index in [0.29, 0.717) is 6.04 Å². The van der Waals surface area contributed by atoms with Crippen LogP contribution in [-0.4, -0.2) is 29.6 Å². The van der Waals surface area contributed by atoms with Crippen molar-refractivity contribution < 1.29 is 0 Å². The molecule has 0 saturated heterocycles. The van der Waals surface area contributed by atoms with Crippen LogP contribution >= 0.6 is 0 Å². The van der Waals surface area contributed by atoms with Crippen molar-refractivity contribution in [3.05, 3.63) is 11.9 Å². The molecule has 0 atom stereocenters. The Morgan fingerprint density at radius 1 is 1.22 bits per heavy atom. The minimum absolute atomic E-state index is 0.458. The molecule has 4 nitrogen and oxygen atoms in total. The van der Waals surface area contributed by atoms with Crippen LogP contribution in [0.1, 0.15) is 46.1 Å². The molecule has 0 aliphatic heterocycles. The molecule has 0 aromatic carbocycles. The Balaban J connectivity index is 3.18. The van der Waals surface area contributed by atoms with Crippen LogP contribution in [0.2, 0.25) is 0 Å². The Morgan fingerprint density at radius 2 is 1.94 bits per heavy atom. The van der Waals surface area contributed by atoms with E-state index in [2.05, 4.69) is 47.9 Å². The van der Waals surface area contributed by atoms with Crippen molar-refractivity contribution in [3.8, 4) is 0 Å². The van der Waals surface area contributed by atoms with Gasteiger partial charge < -0.3 is 10.2 Å². The Labute approximate surface area is 111 Å². The number of rotatable bonds is 7. The van der Waals surface area contributed by atoms with Crippen LogP contribution in [0.15, 0.2) is 6.33 Å². The maximum absolute atomic E-state index is 4.52. The van der Waals surface area contributed by atoms with Gasteiger partial charge in [-0.2, -0.15) is 0 Å². The van der Waals surface area contributed by atoms with Crippen molar-refractivity contribution >= 4 is 11.6 Å². The standard InChI is InChI=1S/C14H26N4/c1-6-8-12-13(15-5)16-10-17-14(12)18(9-7-2)11(3)4/h10-11H,6-9H2,1-5H3,(H,15,16,17). The van der Waals surface area contributed by atoms with Crippen LogP contribution in [0.25, 0.3) is 0 Å². The number of nitrogens with one attached hydrogen (secondary N) is 1. The molecule has 18 heavy (non-hydrogen) atoms. The van der Waals surface area contributed by atoms with Crippen molar-refractivity contribution in [2.75, 3.05) is 23.8 Å². The second-order valence-corrected chi connectivity index (χ2v) is 4.81. The molecule has 1 aromatic rings. The highest BCUT2D eigenvalue weighted by atomic mass is 15.2. The summed E-state index contributed by atoms with van der Waals surface area (Å²) >= 11 is 0. The summed E-state index contributed by atoms with van der Waals surface area (Å²) in [7, 11) is 1.92. The third-order valence-corrected chi connectivity index (χ3v) is 3.02. The van der Waals surface area contributed by atoms with Gasteiger partial charge >= 0.3 is 0 Å². The quantitative estimate of drug-likeness (QED) is 0.807. The van der Waals surface area contributed by atoms with Gasteiger partial charge in [-0.05, 0) is 26.7 Å². The maximum atomic E-state index is 4.52. The van der Waals surface area contributed by atoms with E-state index in [-0.39, 0.29) is 0 Å². The summed E-state index contributed by atoms with van der Waals surface area (Å²) in [4.78, 5) is 11.2. The van der Waals surface area contributed by atoms with Gasteiger partial charge in [0.2, 0.25) is 0 Å². The number of nitrogens with zero attached hydrogens (tertiary/aromatic N) is 3. The van der Waals surface area contributed by atoms with Gasteiger partial charge in [0.15, 0.2) is 0 Å². The molecule has 0 amide bonds. The minimum atomic E-state index is 0.458. The summed E-state index contributed by atoms with van der Waals surface area (Å²) in [5.74, 6) is 2.05. The molecule has 0 bridgehead atoms. The molecule has 0 aliphatic carbocycles. The summed E-state index contributed by atoms with van der Waals surface area (Å²) in [6.07, 6.45) is 4.90. The normalized spacial score (nSPS) is 10.8. The molecule has 0 fully saturated rings. The van der Waals surface area contributed by atoms with Gasteiger partial charge in [-0.1, -0.05) is 20.3 Å². The first kappa shape index (κ1) is 14.7. The molecule has 102 valence electrons. The lowest BCUT2D eigenvalue weighted by Crippen LogP contribution is -2.33. The fraction of sp³-hybridized carbons (Fsp3) is 0.714. The van der Waals surface area contributed by atoms with E-state index in [9.17, 15) is 0 Å². The summed E-state index contributed by atoms with van der Waals surface area (Å²) in [5, 5.41) is 3.18. The Morgan fingerprint density at radius 3 is 2.44 bits per heavy atom. The van der Waals surface area contributed by atoms with Gasteiger partial charge in [-0.3, -0.25) is 0 Å². The number of hydrogen-bond donors (Lipinski definition) is 1. The van der Waals surface area contributed by atoms with Gasteiger partial charge in [-0.15, -0.1) is 0 Å². The first-order chi connectivity index (χ1) is 8.65. The van der Waals surface area contributed by atoms with Crippen molar-refractivity contribution in [2.24, 2.45) is 0 Å². The van der Waals surface area contributed by atoms with E-state index in [1.165, 1.54) is 5.56 Å². The first-order valence-corrected chi connectivity index (χ1v) is 6.93. The topological polar surface area (TPSA) is 41.1 Å². The molecule has 0 radical (unpaired) electrons. The highest BCUT2D eigenvalue weighted by molar-refractivity contribution is 5.59. The molecule has 4 heteroatoms. The van der Waals surface area contributed by atoms with Crippen LogP contribution in [0.5, 0.6) is 0 Å². The van der Waals surface area contributed by atoms with E-state index >= 15 is 0 Å². The molecular formula is C14H26N4. The van der Waals surface area contributed by atoms with Crippen LogP contribution < -0.4 is 10.2 Å². The molecule has 1 N–H and O–H groups in total. The zero-order valence-corrected chi connectivity index (χ0v) is 12.3. The van der Waals surface area contributed by atoms with Gasteiger partial charge in [0.05, 0.1) is 0 Å². The Bertz CT molecular complexity index is 363. The average Bonchev–Trinajstić information content (AvgIpc) is 2.36. The molecule has 1 aromatic heterocycles. The van der Waals surface area contributed by atoms with E-state index in [1.807, 2.05) is 7.05 Å². The fourth-order valence-corrected chi connectivity index (χ4v) is 2.20. The lowest BCUT2D eigenvalue weighted by Gasteiger charge is -2.29. The van der Waals surface area contributed by atoms with E-state index in [0.717, 1.165) is 37.4 Å². The monoisotopic (exact) mass is 250 g/mol. The predicted octanol–water partition coefficient (Wildman–Crippen LogP) is 3.10. The summed E-state index contributed by atoms with van der Waals surface area (Å²) in [6, 6.07) is 0.458. The van der Waals surface area contributed by atoms with Gasteiger partial charge in [0.1, 0.15) is 18.0 Å².